The number of amides is 1. The van der Waals surface area contributed by atoms with Crippen LogP contribution in [-0.2, 0) is 19.1 Å². The molecule has 2 atom stereocenters. The lowest BCUT2D eigenvalue weighted by Gasteiger charge is -2.23. The van der Waals surface area contributed by atoms with Gasteiger partial charge in [-0.3, -0.25) is 9.59 Å². The van der Waals surface area contributed by atoms with Gasteiger partial charge in [0.15, 0.2) is 0 Å². The average Bonchev–Trinajstić information content (AvgIpc) is 2.11. The SMILES string of the molecule is COC(CC(=O)N(C)C)C(C)OC(C)=O. The molecule has 0 aliphatic rings. The number of methoxy groups -OCH3 is 1. The molecule has 0 aliphatic carbocycles. The normalized spacial score (nSPS) is 14.2. The first-order chi connectivity index (χ1) is 6.88. The van der Waals surface area contributed by atoms with Crippen LogP contribution >= 0.6 is 0 Å². The molecule has 88 valence electrons. The number of nitrogens with zero attached hydrogens (tertiary/aromatic N) is 1. The highest BCUT2D eigenvalue weighted by Crippen LogP contribution is 2.09. The third-order valence-corrected chi connectivity index (χ3v) is 2.05. The average molecular weight is 217 g/mol. The Labute approximate surface area is 90.3 Å². The Bertz CT molecular complexity index is 227. The van der Waals surface area contributed by atoms with E-state index in [0.717, 1.165) is 0 Å². The number of carbonyl (C=O) groups excluding carboxylic acids is 2. The number of hydrogen-bond donors (Lipinski definition) is 0. The minimum atomic E-state index is -0.420. The third-order valence-electron chi connectivity index (χ3n) is 2.05. The fourth-order valence-electron chi connectivity index (χ4n) is 1.13. The van der Waals surface area contributed by atoms with Crippen molar-refractivity contribution < 1.29 is 19.1 Å². The Balaban J connectivity index is 4.23. The first-order valence-corrected chi connectivity index (χ1v) is 4.78. The molecule has 0 aliphatic heterocycles. The summed E-state index contributed by atoms with van der Waals surface area (Å²) in [6, 6.07) is 0. The molecule has 2 unspecified atom stereocenters. The Hall–Kier alpha value is -1.10. The molecule has 5 nitrogen and oxygen atoms in total. The summed E-state index contributed by atoms with van der Waals surface area (Å²) in [6.07, 6.45) is -0.613. The van der Waals surface area contributed by atoms with Gasteiger partial charge >= 0.3 is 5.97 Å². The molecular formula is C10H19NO4. The van der Waals surface area contributed by atoms with E-state index in [1.165, 1.54) is 18.9 Å². The molecule has 0 aromatic carbocycles. The van der Waals surface area contributed by atoms with Crippen molar-refractivity contribution in [1.29, 1.82) is 0 Å². The van der Waals surface area contributed by atoms with Crippen LogP contribution in [0.25, 0.3) is 0 Å². The molecule has 0 rings (SSSR count). The predicted octanol–water partition coefficient (Wildman–Crippen LogP) is 0.431. The molecule has 0 N–H and O–H groups in total. The molecule has 0 aromatic heterocycles. The fraction of sp³-hybridized carbons (Fsp3) is 0.800. The van der Waals surface area contributed by atoms with Gasteiger partial charge in [-0.15, -0.1) is 0 Å². The van der Waals surface area contributed by atoms with Crippen molar-refractivity contribution in [3.05, 3.63) is 0 Å². The minimum absolute atomic E-state index is 0.0548. The van der Waals surface area contributed by atoms with E-state index in [9.17, 15) is 9.59 Å². The van der Waals surface area contributed by atoms with Crippen LogP contribution in [0.4, 0.5) is 0 Å². The Morgan fingerprint density at radius 2 is 1.87 bits per heavy atom. The number of carbonyl (C=O) groups is 2. The van der Waals surface area contributed by atoms with E-state index < -0.39 is 12.2 Å². The van der Waals surface area contributed by atoms with E-state index in [1.54, 1.807) is 21.0 Å². The third kappa shape index (κ3) is 5.37. The highest BCUT2D eigenvalue weighted by Gasteiger charge is 2.23. The van der Waals surface area contributed by atoms with Gasteiger partial charge in [0.25, 0.3) is 0 Å². The molecule has 5 heteroatoms. The van der Waals surface area contributed by atoms with Crippen molar-refractivity contribution in [3.8, 4) is 0 Å². The monoisotopic (exact) mass is 217 g/mol. The van der Waals surface area contributed by atoms with E-state index in [1.807, 2.05) is 0 Å². The van der Waals surface area contributed by atoms with Gasteiger partial charge in [0.05, 0.1) is 6.42 Å². The molecule has 15 heavy (non-hydrogen) atoms. The summed E-state index contributed by atoms with van der Waals surface area (Å²) in [5.74, 6) is -0.428. The van der Waals surface area contributed by atoms with Gasteiger partial charge in [0.2, 0.25) is 5.91 Å². The minimum Gasteiger partial charge on any atom is -0.460 e. The summed E-state index contributed by atoms with van der Waals surface area (Å²) in [4.78, 5) is 23.6. The Morgan fingerprint density at radius 1 is 1.33 bits per heavy atom. The van der Waals surface area contributed by atoms with Crippen LogP contribution < -0.4 is 0 Å². The zero-order valence-corrected chi connectivity index (χ0v) is 9.94. The largest absolute Gasteiger partial charge is 0.460 e. The molecule has 0 spiro atoms. The van der Waals surface area contributed by atoms with E-state index in [-0.39, 0.29) is 18.3 Å². The lowest BCUT2D eigenvalue weighted by Crippen LogP contribution is -2.35. The highest BCUT2D eigenvalue weighted by molar-refractivity contribution is 5.76. The molecule has 0 radical (unpaired) electrons. The molecule has 0 bridgehead atoms. The van der Waals surface area contributed by atoms with E-state index in [0.29, 0.717) is 0 Å². The highest BCUT2D eigenvalue weighted by atomic mass is 16.6. The van der Waals surface area contributed by atoms with E-state index in [4.69, 9.17) is 9.47 Å². The van der Waals surface area contributed by atoms with Gasteiger partial charge in [-0.05, 0) is 6.92 Å². The summed E-state index contributed by atoms with van der Waals surface area (Å²) in [5, 5.41) is 0. The first kappa shape index (κ1) is 13.9. The Morgan fingerprint density at radius 3 is 2.20 bits per heavy atom. The maximum Gasteiger partial charge on any atom is 0.302 e. The van der Waals surface area contributed by atoms with Gasteiger partial charge in [0, 0.05) is 28.1 Å². The van der Waals surface area contributed by atoms with Gasteiger partial charge in [-0.1, -0.05) is 0 Å². The van der Waals surface area contributed by atoms with Crippen LogP contribution in [0.2, 0.25) is 0 Å². The van der Waals surface area contributed by atoms with Gasteiger partial charge < -0.3 is 14.4 Å². The molecule has 0 fully saturated rings. The number of rotatable bonds is 5. The van der Waals surface area contributed by atoms with Crippen LogP contribution in [0.15, 0.2) is 0 Å². The van der Waals surface area contributed by atoms with Crippen LogP contribution in [0.1, 0.15) is 20.3 Å². The fourth-order valence-corrected chi connectivity index (χ4v) is 1.13. The van der Waals surface area contributed by atoms with Crippen molar-refractivity contribution >= 4 is 11.9 Å². The zero-order valence-electron chi connectivity index (χ0n) is 9.94. The van der Waals surface area contributed by atoms with Crippen molar-refractivity contribution in [2.45, 2.75) is 32.5 Å². The van der Waals surface area contributed by atoms with Gasteiger partial charge in [-0.25, -0.2) is 0 Å². The van der Waals surface area contributed by atoms with Crippen LogP contribution in [0.5, 0.6) is 0 Å². The smallest absolute Gasteiger partial charge is 0.302 e. The quantitative estimate of drug-likeness (QED) is 0.627. The summed E-state index contributed by atoms with van der Waals surface area (Å²) in [5.41, 5.74) is 0. The summed E-state index contributed by atoms with van der Waals surface area (Å²) >= 11 is 0. The lowest BCUT2D eigenvalue weighted by atomic mass is 10.1. The molecule has 0 heterocycles. The van der Waals surface area contributed by atoms with Crippen LogP contribution in [-0.4, -0.2) is 50.2 Å². The molecule has 1 amide bonds. The van der Waals surface area contributed by atoms with E-state index >= 15 is 0 Å². The van der Waals surface area contributed by atoms with Crippen LogP contribution in [0, 0.1) is 0 Å². The van der Waals surface area contributed by atoms with Gasteiger partial charge in [-0.2, -0.15) is 0 Å². The predicted molar refractivity (Wildman–Crippen MR) is 55.3 cm³/mol. The van der Waals surface area contributed by atoms with Crippen molar-refractivity contribution in [3.63, 3.8) is 0 Å². The summed E-state index contributed by atoms with van der Waals surface area (Å²) in [7, 11) is 4.84. The maximum atomic E-state index is 11.4. The van der Waals surface area contributed by atoms with E-state index in [2.05, 4.69) is 0 Å². The number of hydrogen-bond acceptors (Lipinski definition) is 4. The van der Waals surface area contributed by atoms with Gasteiger partial charge in [0.1, 0.15) is 12.2 Å². The summed E-state index contributed by atoms with van der Waals surface area (Å²) in [6.45, 7) is 3.04. The maximum absolute atomic E-state index is 11.4. The molecular weight excluding hydrogens is 198 g/mol. The molecule has 0 saturated heterocycles. The van der Waals surface area contributed by atoms with Crippen molar-refractivity contribution in [2.75, 3.05) is 21.2 Å². The Kier molecular flexibility index (Phi) is 5.93. The lowest BCUT2D eigenvalue weighted by molar-refractivity contribution is -0.154. The second-order valence-electron chi connectivity index (χ2n) is 3.58. The number of ether oxygens (including phenoxy) is 2. The molecule has 0 aromatic rings. The first-order valence-electron chi connectivity index (χ1n) is 4.78. The standard InChI is InChI=1S/C10H19NO4/c1-7(15-8(2)12)9(14-5)6-10(13)11(3)4/h7,9H,6H2,1-5H3. The second-order valence-corrected chi connectivity index (χ2v) is 3.58. The second kappa shape index (κ2) is 6.40. The topological polar surface area (TPSA) is 55.8 Å². The van der Waals surface area contributed by atoms with Crippen LogP contribution in [0.3, 0.4) is 0 Å². The summed E-state index contributed by atoms with van der Waals surface area (Å²) < 4.78 is 10.1. The van der Waals surface area contributed by atoms with Crippen molar-refractivity contribution in [1.82, 2.24) is 4.90 Å². The number of esters is 1. The zero-order chi connectivity index (χ0) is 12.0. The van der Waals surface area contributed by atoms with Crippen molar-refractivity contribution in [2.24, 2.45) is 0 Å². The molecule has 0 saturated carbocycles.